The van der Waals surface area contributed by atoms with Crippen molar-refractivity contribution < 1.29 is 5.21 Å². The highest BCUT2D eigenvalue weighted by Gasteiger charge is 2.14. The summed E-state index contributed by atoms with van der Waals surface area (Å²) in [6.45, 7) is 2.72. The lowest BCUT2D eigenvalue weighted by Gasteiger charge is -2.23. The van der Waals surface area contributed by atoms with E-state index in [0.717, 1.165) is 11.3 Å². The third-order valence-corrected chi connectivity index (χ3v) is 3.19. The topological polar surface area (TPSA) is 35.5 Å². The van der Waals surface area contributed by atoms with Crippen molar-refractivity contribution in [1.29, 1.82) is 0 Å². The van der Waals surface area contributed by atoms with E-state index in [2.05, 4.69) is 36.5 Å². The van der Waals surface area contributed by atoms with Gasteiger partial charge in [-0.05, 0) is 24.6 Å². The van der Waals surface area contributed by atoms with E-state index in [-0.39, 0.29) is 6.04 Å². The smallest absolute Gasteiger partial charge is 0.0768 e. The van der Waals surface area contributed by atoms with E-state index in [4.69, 9.17) is 0 Å². The standard InChI is InChI=1S/C16H20N2O/c1-13-8-10-15(11-9-13)17-12-16(18(2)19)14-6-4-3-5-7-14/h3-11,16-17,19H,12H2,1-2H3. The van der Waals surface area contributed by atoms with Crippen LogP contribution >= 0.6 is 0 Å². The second-order valence-corrected chi connectivity index (χ2v) is 4.75. The molecule has 100 valence electrons. The molecule has 0 saturated carbocycles. The number of nitrogens with one attached hydrogen (secondary N) is 1. The van der Waals surface area contributed by atoms with Gasteiger partial charge in [0, 0.05) is 19.3 Å². The van der Waals surface area contributed by atoms with Crippen LogP contribution in [0.2, 0.25) is 0 Å². The quantitative estimate of drug-likeness (QED) is 0.804. The van der Waals surface area contributed by atoms with Crippen LogP contribution in [-0.2, 0) is 0 Å². The van der Waals surface area contributed by atoms with Crippen molar-refractivity contribution in [3.05, 3.63) is 65.7 Å². The van der Waals surface area contributed by atoms with E-state index in [1.165, 1.54) is 10.6 Å². The van der Waals surface area contributed by atoms with Crippen molar-refractivity contribution in [2.24, 2.45) is 0 Å². The van der Waals surface area contributed by atoms with Gasteiger partial charge in [0.05, 0.1) is 6.04 Å². The van der Waals surface area contributed by atoms with Crippen LogP contribution in [0.1, 0.15) is 17.2 Å². The molecule has 0 radical (unpaired) electrons. The second-order valence-electron chi connectivity index (χ2n) is 4.75. The Bertz CT molecular complexity index is 494. The van der Waals surface area contributed by atoms with Gasteiger partial charge in [0.2, 0.25) is 0 Å². The lowest BCUT2D eigenvalue weighted by molar-refractivity contribution is -0.0999. The molecule has 1 atom stereocenters. The highest BCUT2D eigenvalue weighted by Crippen LogP contribution is 2.19. The summed E-state index contributed by atoms with van der Waals surface area (Å²) in [5, 5.41) is 14.4. The fraction of sp³-hybridized carbons (Fsp3) is 0.250. The van der Waals surface area contributed by atoms with Crippen LogP contribution in [0.15, 0.2) is 54.6 Å². The number of rotatable bonds is 5. The molecule has 0 heterocycles. The summed E-state index contributed by atoms with van der Waals surface area (Å²) in [5.41, 5.74) is 3.39. The molecule has 0 spiro atoms. The maximum Gasteiger partial charge on any atom is 0.0768 e. The van der Waals surface area contributed by atoms with E-state index < -0.39 is 0 Å². The Kier molecular flexibility index (Phi) is 4.55. The summed E-state index contributed by atoms with van der Waals surface area (Å²) in [6.07, 6.45) is 0. The Hall–Kier alpha value is -1.84. The van der Waals surface area contributed by atoms with Gasteiger partial charge in [0.1, 0.15) is 0 Å². The third-order valence-electron chi connectivity index (χ3n) is 3.19. The first-order chi connectivity index (χ1) is 9.16. The molecule has 0 aliphatic carbocycles. The lowest BCUT2D eigenvalue weighted by atomic mass is 10.1. The summed E-state index contributed by atoms with van der Waals surface area (Å²) >= 11 is 0. The summed E-state index contributed by atoms with van der Waals surface area (Å²) in [6, 6.07) is 18.2. The maximum absolute atomic E-state index is 9.78. The molecule has 2 rings (SSSR count). The van der Waals surface area contributed by atoms with Gasteiger partial charge < -0.3 is 10.5 Å². The predicted octanol–water partition coefficient (Wildman–Crippen LogP) is 3.47. The molecule has 0 amide bonds. The Morgan fingerprint density at radius 1 is 1.05 bits per heavy atom. The zero-order valence-electron chi connectivity index (χ0n) is 11.4. The van der Waals surface area contributed by atoms with Crippen LogP contribution in [0, 0.1) is 6.92 Å². The Morgan fingerprint density at radius 3 is 2.26 bits per heavy atom. The average Bonchev–Trinajstić information content (AvgIpc) is 2.42. The van der Waals surface area contributed by atoms with Crippen LogP contribution in [-0.4, -0.2) is 23.9 Å². The maximum atomic E-state index is 9.78. The van der Waals surface area contributed by atoms with Crippen molar-refractivity contribution in [2.75, 3.05) is 18.9 Å². The molecule has 0 aromatic heterocycles. The first-order valence-corrected chi connectivity index (χ1v) is 6.44. The fourth-order valence-corrected chi connectivity index (χ4v) is 2.03. The summed E-state index contributed by atoms with van der Waals surface area (Å²) in [7, 11) is 1.68. The highest BCUT2D eigenvalue weighted by molar-refractivity contribution is 5.44. The van der Waals surface area contributed by atoms with E-state index in [1.54, 1.807) is 7.05 Å². The van der Waals surface area contributed by atoms with E-state index in [9.17, 15) is 5.21 Å². The summed E-state index contributed by atoms with van der Waals surface area (Å²) in [5.74, 6) is 0. The van der Waals surface area contributed by atoms with Gasteiger partial charge in [-0.2, -0.15) is 5.06 Å². The summed E-state index contributed by atoms with van der Waals surface area (Å²) in [4.78, 5) is 0. The minimum atomic E-state index is -0.0671. The number of hydrogen-bond acceptors (Lipinski definition) is 3. The van der Waals surface area contributed by atoms with Gasteiger partial charge in [-0.25, -0.2) is 0 Å². The molecule has 0 saturated heterocycles. The first-order valence-electron chi connectivity index (χ1n) is 6.44. The number of likely N-dealkylation sites (N-methyl/N-ethyl adjacent to an activating group) is 1. The first kappa shape index (κ1) is 13.6. The molecule has 1 unspecified atom stereocenters. The van der Waals surface area contributed by atoms with Crippen molar-refractivity contribution in [3.8, 4) is 0 Å². The van der Waals surface area contributed by atoms with Crippen molar-refractivity contribution in [3.63, 3.8) is 0 Å². The van der Waals surface area contributed by atoms with Crippen LogP contribution in [0.3, 0.4) is 0 Å². The molecule has 0 fully saturated rings. The number of aryl methyl sites for hydroxylation is 1. The number of hydroxylamine groups is 2. The molecule has 3 heteroatoms. The number of hydrogen-bond donors (Lipinski definition) is 2. The van der Waals surface area contributed by atoms with Gasteiger partial charge in [-0.3, -0.25) is 0 Å². The number of benzene rings is 2. The van der Waals surface area contributed by atoms with Gasteiger partial charge in [-0.1, -0.05) is 48.0 Å². The van der Waals surface area contributed by atoms with Crippen molar-refractivity contribution in [1.82, 2.24) is 5.06 Å². The SMILES string of the molecule is Cc1ccc(NCC(c2ccccc2)N(C)O)cc1. The summed E-state index contributed by atoms with van der Waals surface area (Å²) < 4.78 is 0. The molecule has 0 aliphatic rings. The van der Waals surface area contributed by atoms with Crippen molar-refractivity contribution >= 4 is 5.69 Å². The van der Waals surface area contributed by atoms with Crippen LogP contribution in [0.5, 0.6) is 0 Å². The molecule has 19 heavy (non-hydrogen) atoms. The van der Waals surface area contributed by atoms with Crippen LogP contribution < -0.4 is 5.32 Å². The monoisotopic (exact) mass is 256 g/mol. The Morgan fingerprint density at radius 2 is 1.68 bits per heavy atom. The molecular formula is C16H20N2O. The largest absolute Gasteiger partial charge is 0.383 e. The minimum Gasteiger partial charge on any atom is -0.383 e. The zero-order valence-corrected chi connectivity index (χ0v) is 11.4. The van der Waals surface area contributed by atoms with Crippen molar-refractivity contribution in [2.45, 2.75) is 13.0 Å². The lowest BCUT2D eigenvalue weighted by Crippen LogP contribution is -2.27. The normalized spacial score (nSPS) is 12.4. The van der Waals surface area contributed by atoms with Gasteiger partial charge in [0.25, 0.3) is 0 Å². The van der Waals surface area contributed by atoms with Crippen LogP contribution in [0.4, 0.5) is 5.69 Å². The van der Waals surface area contributed by atoms with Crippen LogP contribution in [0.25, 0.3) is 0 Å². The Labute approximate surface area is 114 Å². The number of nitrogens with zero attached hydrogens (tertiary/aromatic N) is 1. The van der Waals surface area contributed by atoms with E-state index >= 15 is 0 Å². The molecule has 2 aromatic rings. The highest BCUT2D eigenvalue weighted by atomic mass is 16.5. The van der Waals surface area contributed by atoms with Gasteiger partial charge >= 0.3 is 0 Å². The fourth-order valence-electron chi connectivity index (χ4n) is 2.03. The zero-order chi connectivity index (χ0) is 13.7. The minimum absolute atomic E-state index is 0.0671. The van der Waals surface area contributed by atoms with Gasteiger partial charge in [-0.15, -0.1) is 0 Å². The predicted molar refractivity (Wildman–Crippen MR) is 78.4 cm³/mol. The molecule has 0 bridgehead atoms. The molecule has 0 aliphatic heterocycles. The number of anilines is 1. The van der Waals surface area contributed by atoms with E-state index in [1.807, 2.05) is 30.3 Å². The Balaban J connectivity index is 2.04. The average molecular weight is 256 g/mol. The van der Waals surface area contributed by atoms with E-state index in [0.29, 0.717) is 6.54 Å². The van der Waals surface area contributed by atoms with Gasteiger partial charge in [0.15, 0.2) is 0 Å². The molecular weight excluding hydrogens is 236 g/mol. The third kappa shape index (κ3) is 3.81. The molecule has 2 aromatic carbocycles. The molecule has 3 nitrogen and oxygen atoms in total. The molecule has 2 N–H and O–H groups in total. The second kappa shape index (κ2) is 6.36.